The van der Waals surface area contributed by atoms with E-state index < -0.39 is 6.09 Å². The third-order valence-corrected chi connectivity index (χ3v) is 7.01. The van der Waals surface area contributed by atoms with Crippen molar-refractivity contribution in [1.29, 1.82) is 0 Å². The van der Waals surface area contributed by atoms with Crippen molar-refractivity contribution in [1.82, 2.24) is 21.0 Å². The molecule has 1 aliphatic heterocycles. The van der Waals surface area contributed by atoms with Gasteiger partial charge in [-0.3, -0.25) is 9.78 Å². The maximum absolute atomic E-state index is 12.4. The first-order chi connectivity index (χ1) is 15.0. The summed E-state index contributed by atoms with van der Waals surface area (Å²) in [5, 5.41) is 10.6. The van der Waals surface area contributed by atoms with Crippen LogP contribution in [0.4, 0.5) is 4.79 Å². The molecule has 4 atom stereocenters. The van der Waals surface area contributed by atoms with Crippen LogP contribution >= 0.6 is 11.6 Å². The fourth-order valence-corrected chi connectivity index (χ4v) is 4.81. The summed E-state index contributed by atoms with van der Waals surface area (Å²) in [6.07, 6.45) is 4.98. The summed E-state index contributed by atoms with van der Waals surface area (Å²) in [5.41, 5.74) is 4.31. The van der Waals surface area contributed by atoms with Gasteiger partial charge in [0.05, 0.1) is 23.2 Å². The van der Waals surface area contributed by atoms with Gasteiger partial charge < -0.3 is 20.8 Å². The summed E-state index contributed by atoms with van der Waals surface area (Å²) in [5.74, 6) is 1.14. The summed E-state index contributed by atoms with van der Waals surface area (Å²) in [6.45, 7) is 7.65. The van der Waals surface area contributed by atoms with Crippen LogP contribution in [0.1, 0.15) is 57.7 Å². The van der Waals surface area contributed by atoms with Crippen molar-refractivity contribution in [3.63, 3.8) is 0 Å². The summed E-state index contributed by atoms with van der Waals surface area (Å²) in [6, 6.07) is 1.98. The number of hydrogen-bond donors (Lipinski definition) is 3. The molecule has 172 valence electrons. The number of nitrogens with one attached hydrogen (secondary N) is 3. The van der Waals surface area contributed by atoms with E-state index in [2.05, 4.69) is 42.4 Å². The number of amides is 2. The highest BCUT2D eigenvalue weighted by atomic mass is 35.5. The quantitative estimate of drug-likeness (QED) is 0.568. The van der Waals surface area contributed by atoms with Gasteiger partial charge in [0.15, 0.2) is 16.3 Å². The number of hydrazone groups is 1. The van der Waals surface area contributed by atoms with Gasteiger partial charge >= 0.3 is 6.09 Å². The normalized spacial score (nSPS) is 23.8. The van der Waals surface area contributed by atoms with E-state index in [1.807, 2.05) is 33.8 Å². The minimum absolute atomic E-state index is 0.110. The second-order valence-corrected chi connectivity index (χ2v) is 10.7. The molecule has 1 fully saturated rings. The molecular weight excluding hydrogens is 445 g/mol. The molecule has 1 saturated carbocycles. The van der Waals surface area contributed by atoms with Crippen LogP contribution in [0.15, 0.2) is 17.4 Å². The number of alkyl carbamates (subject to hydrolysis) is 1. The standard InChI is InChI=1S/C22H31ClN5O3.Al/c1-13-7-8-24-17(20(13)23)11-19(29)25-18-10-16(27-28-18)15-6-5-14(9-15)12-31-21(30)26-22(2,3)4;/h7-8,12,14-16,27H,5-6,9-11H2,1-4H3,(H,26,30)(H,25,28,29);/t14?,15-,16?;/m0./s1. The molecule has 2 heterocycles. The van der Waals surface area contributed by atoms with E-state index in [-0.39, 0.29) is 34.8 Å². The van der Waals surface area contributed by atoms with Gasteiger partial charge in [-0.05, 0) is 70.4 Å². The Hall–Kier alpha value is -1.82. The number of carbonyl (C=O) groups is 2. The van der Waals surface area contributed by atoms with Crippen LogP contribution in [-0.2, 0) is 16.0 Å². The van der Waals surface area contributed by atoms with Crippen LogP contribution in [0.2, 0.25) is 5.02 Å². The zero-order valence-electron chi connectivity index (χ0n) is 19.1. The van der Waals surface area contributed by atoms with Gasteiger partial charge in [-0.15, -0.1) is 0 Å². The Balaban J connectivity index is 1.44. The highest BCUT2D eigenvalue weighted by Gasteiger charge is 2.36. The Morgan fingerprint density at radius 1 is 1.38 bits per heavy atom. The molecule has 0 spiro atoms. The third-order valence-electron chi connectivity index (χ3n) is 5.81. The lowest BCUT2D eigenvalue weighted by atomic mass is 9.95. The Bertz CT molecular complexity index is 889. The first-order valence-electron chi connectivity index (χ1n) is 11.0. The Morgan fingerprint density at radius 2 is 2.12 bits per heavy atom. The van der Waals surface area contributed by atoms with E-state index in [9.17, 15) is 9.59 Å². The zero-order valence-corrected chi connectivity index (χ0v) is 21.0. The average Bonchev–Trinajstić information content (AvgIpc) is 3.33. The molecule has 2 aliphatic rings. The highest BCUT2D eigenvalue weighted by molar-refractivity contribution is 6.32. The van der Waals surface area contributed by atoms with E-state index in [0.717, 1.165) is 24.8 Å². The molecule has 1 aromatic rings. The molecule has 3 rings (SSSR count). The molecule has 32 heavy (non-hydrogen) atoms. The summed E-state index contributed by atoms with van der Waals surface area (Å²) < 4.78 is 5.56. The molecule has 1 aliphatic carbocycles. The number of amidine groups is 1. The Kier molecular flexibility index (Phi) is 8.07. The molecule has 3 unspecified atom stereocenters. The largest absolute Gasteiger partial charge is 0.465 e. The van der Waals surface area contributed by atoms with Crippen molar-refractivity contribution >= 4 is 45.7 Å². The van der Waals surface area contributed by atoms with Crippen LogP contribution in [0, 0.1) is 18.8 Å². The van der Waals surface area contributed by atoms with Gasteiger partial charge in [0.2, 0.25) is 5.91 Å². The second-order valence-electron chi connectivity index (χ2n) is 9.69. The first-order valence-corrected chi connectivity index (χ1v) is 12.0. The fourth-order valence-electron chi connectivity index (χ4n) is 4.16. The van der Waals surface area contributed by atoms with E-state index in [1.54, 1.807) is 6.20 Å². The molecule has 0 bridgehead atoms. The molecule has 3 N–H and O–H groups in total. The van der Waals surface area contributed by atoms with E-state index in [0.29, 0.717) is 28.9 Å². The van der Waals surface area contributed by atoms with E-state index in [4.69, 9.17) is 16.3 Å². The molecule has 2 radical (unpaired) electrons. The number of nitrogens with zero attached hydrogens (tertiary/aromatic N) is 2. The van der Waals surface area contributed by atoms with Crippen molar-refractivity contribution in [3.05, 3.63) is 28.5 Å². The van der Waals surface area contributed by atoms with Gasteiger partial charge in [-0.25, -0.2) is 4.79 Å². The topological polar surface area (TPSA) is 105 Å². The van der Waals surface area contributed by atoms with Crippen molar-refractivity contribution in [3.8, 4) is 0 Å². The number of hydrogen-bond acceptors (Lipinski definition) is 6. The van der Waals surface area contributed by atoms with Gasteiger partial charge in [0.25, 0.3) is 0 Å². The lowest BCUT2D eigenvalue weighted by Gasteiger charge is -2.26. The van der Waals surface area contributed by atoms with Crippen molar-refractivity contribution in [2.75, 3.05) is 0 Å². The minimum Gasteiger partial charge on any atom is -0.465 e. The minimum atomic E-state index is -0.392. The number of carbonyl (C=O) groups excluding carboxylic acids is 2. The summed E-state index contributed by atoms with van der Waals surface area (Å²) >= 11 is 8.90. The number of pyridine rings is 1. The van der Waals surface area contributed by atoms with Gasteiger partial charge in [-0.2, -0.15) is 5.10 Å². The van der Waals surface area contributed by atoms with Crippen LogP contribution in [-0.4, -0.2) is 55.7 Å². The molecule has 8 nitrogen and oxygen atoms in total. The molecular formula is C22H31AlClN5O3. The smallest absolute Gasteiger partial charge is 0.406 e. The van der Waals surface area contributed by atoms with Crippen LogP contribution < -0.4 is 16.1 Å². The summed E-state index contributed by atoms with van der Waals surface area (Å²) in [4.78, 5) is 28.5. The number of rotatable bonds is 5. The molecule has 10 heteroatoms. The number of ether oxygens (including phenoxy) is 1. The maximum atomic E-state index is 12.4. The maximum Gasteiger partial charge on any atom is 0.406 e. The highest BCUT2D eigenvalue weighted by Crippen LogP contribution is 2.37. The number of halogens is 1. The predicted molar refractivity (Wildman–Crippen MR) is 125 cm³/mol. The number of aromatic nitrogens is 1. The predicted octanol–water partition coefficient (Wildman–Crippen LogP) is 2.81. The van der Waals surface area contributed by atoms with Crippen molar-refractivity contribution in [2.24, 2.45) is 16.9 Å². The zero-order chi connectivity index (χ0) is 23.5. The van der Waals surface area contributed by atoms with Crippen LogP contribution in [0.25, 0.3) is 0 Å². The molecule has 1 aromatic heterocycles. The van der Waals surface area contributed by atoms with E-state index in [1.165, 1.54) is 0 Å². The van der Waals surface area contributed by atoms with Crippen molar-refractivity contribution < 1.29 is 14.3 Å². The fraction of sp³-hybridized carbons (Fsp3) is 0.636. The van der Waals surface area contributed by atoms with Crippen LogP contribution in [0.3, 0.4) is 0 Å². The molecule has 0 aromatic carbocycles. The van der Waals surface area contributed by atoms with Crippen molar-refractivity contribution in [2.45, 2.75) is 76.3 Å². The lowest BCUT2D eigenvalue weighted by molar-refractivity contribution is -0.119. The Labute approximate surface area is 202 Å². The van der Waals surface area contributed by atoms with Gasteiger partial charge in [0.1, 0.15) is 5.84 Å². The van der Waals surface area contributed by atoms with Gasteiger partial charge in [-0.1, -0.05) is 11.6 Å². The monoisotopic (exact) mass is 475 g/mol. The van der Waals surface area contributed by atoms with Crippen LogP contribution in [0.5, 0.6) is 0 Å². The molecule has 0 saturated heterocycles. The lowest BCUT2D eigenvalue weighted by Crippen LogP contribution is -2.43. The Morgan fingerprint density at radius 3 is 2.84 bits per heavy atom. The average molecular weight is 476 g/mol. The van der Waals surface area contributed by atoms with Gasteiger partial charge in [0, 0.05) is 23.1 Å². The summed E-state index contributed by atoms with van der Waals surface area (Å²) in [7, 11) is 0. The first kappa shape index (κ1) is 24.8. The second kappa shape index (κ2) is 10.4. The molecule has 2 amide bonds. The number of aryl methyl sites for hydroxylation is 1. The van der Waals surface area contributed by atoms with E-state index >= 15 is 0 Å². The third kappa shape index (κ3) is 6.84. The SMILES string of the molecule is Cc1ccnc(CC(=O)NC2=NNC([C@H]3CCC([CH]([Al])OC(=O)NC(C)(C)C)C3)C2)c1Cl.